The Morgan fingerprint density at radius 1 is 1.35 bits per heavy atom. The minimum atomic E-state index is 0.573. The minimum absolute atomic E-state index is 0.573. The smallest absolute Gasteiger partial charge is 0.119 e. The first-order chi connectivity index (χ1) is 8.42. The van der Waals surface area contributed by atoms with Crippen molar-refractivity contribution in [1.82, 2.24) is 5.32 Å². The van der Waals surface area contributed by atoms with Gasteiger partial charge in [-0.1, -0.05) is 6.07 Å². The predicted molar refractivity (Wildman–Crippen MR) is 66.3 cm³/mol. The number of hydrogen-bond acceptors (Lipinski definition) is 3. The molecule has 1 N–H and O–H groups in total. The Labute approximate surface area is 102 Å². The Morgan fingerprint density at radius 3 is 3.24 bits per heavy atom. The van der Waals surface area contributed by atoms with E-state index < -0.39 is 0 Å². The van der Waals surface area contributed by atoms with E-state index in [1.54, 1.807) is 0 Å². The van der Waals surface area contributed by atoms with Crippen molar-refractivity contribution >= 4 is 0 Å². The van der Waals surface area contributed by atoms with Gasteiger partial charge >= 0.3 is 0 Å². The summed E-state index contributed by atoms with van der Waals surface area (Å²) in [6, 6.07) is 6.48. The average Bonchev–Trinajstić information content (AvgIpc) is 2.89. The van der Waals surface area contributed by atoms with Gasteiger partial charge in [0.1, 0.15) is 5.75 Å². The molecule has 2 heterocycles. The highest BCUT2D eigenvalue weighted by atomic mass is 16.5. The second-order valence-corrected chi connectivity index (χ2v) is 4.90. The molecule has 0 aliphatic carbocycles. The highest BCUT2D eigenvalue weighted by molar-refractivity contribution is 5.37. The van der Waals surface area contributed by atoms with E-state index in [0.29, 0.717) is 5.92 Å². The van der Waals surface area contributed by atoms with Crippen molar-refractivity contribution < 1.29 is 9.47 Å². The summed E-state index contributed by atoms with van der Waals surface area (Å²) in [5, 5.41) is 3.39. The van der Waals surface area contributed by atoms with Gasteiger partial charge in [0, 0.05) is 19.1 Å². The van der Waals surface area contributed by atoms with Crippen LogP contribution in [0.3, 0.4) is 0 Å². The molecule has 1 unspecified atom stereocenters. The summed E-state index contributed by atoms with van der Waals surface area (Å²) in [6.07, 6.45) is 2.26. The third-order valence-electron chi connectivity index (χ3n) is 3.57. The fourth-order valence-electron chi connectivity index (χ4n) is 2.48. The molecule has 0 saturated carbocycles. The maximum absolute atomic E-state index is 5.85. The number of rotatable bonds is 3. The van der Waals surface area contributed by atoms with Crippen molar-refractivity contribution in [1.29, 1.82) is 0 Å². The summed E-state index contributed by atoms with van der Waals surface area (Å²) in [7, 11) is 0. The molecular formula is C14H19NO2. The van der Waals surface area contributed by atoms with Crippen LogP contribution in [0.1, 0.15) is 17.5 Å². The fourth-order valence-corrected chi connectivity index (χ4v) is 2.48. The van der Waals surface area contributed by atoms with Gasteiger partial charge in [-0.2, -0.15) is 0 Å². The Morgan fingerprint density at radius 2 is 2.35 bits per heavy atom. The van der Waals surface area contributed by atoms with Crippen LogP contribution in [0.2, 0.25) is 0 Å². The zero-order valence-corrected chi connectivity index (χ0v) is 10.1. The van der Waals surface area contributed by atoms with Crippen LogP contribution < -0.4 is 10.1 Å². The lowest BCUT2D eigenvalue weighted by atomic mass is 10.0. The largest absolute Gasteiger partial charge is 0.493 e. The van der Waals surface area contributed by atoms with Crippen molar-refractivity contribution in [3.63, 3.8) is 0 Å². The van der Waals surface area contributed by atoms with Gasteiger partial charge in [0.2, 0.25) is 0 Å². The normalized spacial score (nSPS) is 23.4. The zero-order chi connectivity index (χ0) is 11.5. The minimum Gasteiger partial charge on any atom is -0.493 e. The molecule has 1 aromatic carbocycles. The second kappa shape index (κ2) is 5.07. The van der Waals surface area contributed by atoms with Crippen LogP contribution in [0.25, 0.3) is 0 Å². The van der Waals surface area contributed by atoms with Crippen LogP contribution in [-0.2, 0) is 17.7 Å². The molecular weight excluding hydrogens is 214 g/mol. The van der Waals surface area contributed by atoms with Gasteiger partial charge in [-0.3, -0.25) is 0 Å². The van der Waals surface area contributed by atoms with Crippen molar-refractivity contribution in [2.75, 3.05) is 26.4 Å². The number of ether oxygens (including phenoxy) is 2. The number of hydrogen-bond donors (Lipinski definition) is 1. The first kappa shape index (κ1) is 11.1. The van der Waals surface area contributed by atoms with Crippen molar-refractivity contribution in [3.8, 4) is 5.75 Å². The van der Waals surface area contributed by atoms with Gasteiger partial charge in [-0.15, -0.1) is 0 Å². The molecule has 0 amide bonds. The lowest BCUT2D eigenvalue weighted by Crippen LogP contribution is -2.23. The molecule has 0 radical (unpaired) electrons. The van der Waals surface area contributed by atoms with Gasteiger partial charge in [-0.05, 0) is 42.6 Å². The van der Waals surface area contributed by atoms with Gasteiger partial charge in [0.25, 0.3) is 0 Å². The SMILES string of the molecule is c1cc2c(cc1OCC1CCOC1)CNCC2. The molecule has 1 aromatic rings. The summed E-state index contributed by atoms with van der Waals surface area (Å²) in [5.41, 5.74) is 2.84. The number of fused-ring (bicyclic) bond motifs is 1. The monoisotopic (exact) mass is 233 g/mol. The third kappa shape index (κ3) is 2.61. The molecule has 0 spiro atoms. The van der Waals surface area contributed by atoms with Gasteiger partial charge < -0.3 is 14.8 Å². The van der Waals surface area contributed by atoms with E-state index in [1.165, 1.54) is 11.1 Å². The lowest BCUT2D eigenvalue weighted by molar-refractivity contribution is 0.167. The number of nitrogens with one attached hydrogen (secondary N) is 1. The van der Waals surface area contributed by atoms with E-state index in [-0.39, 0.29) is 0 Å². The van der Waals surface area contributed by atoms with Gasteiger partial charge in [0.15, 0.2) is 0 Å². The lowest BCUT2D eigenvalue weighted by Gasteiger charge is -2.18. The molecule has 0 aromatic heterocycles. The van der Waals surface area contributed by atoms with Crippen LogP contribution in [0.15, 0.2) is 18.2 Å². The first-order valence-electron chi connectivity index (χ1n) is 6.45. The van der Waals surface area contributed by atoms with Crippen LogP contribution >= 0.6 is 0 Å². The van der Waals surface area contributed by atoms with E-state index in [4.69, 9.17) is 9.47 Å². The molecule has 1 atom stereocenters. The van der Waals surface area contributed by atoms with Crippen LogP contribution in [0, 0.1) is 5.92 Å². The van der Waals surface area contributed by atoms with Crippen molar-refractivity contribution in [2.45, 2.75) is 19.4 Å². The first-order valence-corrected chi connectivity index (χ1v) is 6.45. The van der Waals surface area contributed by atoms with Gasteiger partial charge in [0.05, 0.1) is 13.2 Å². The van der Waals surface area contributed by atoms with Crippen LogP contribution in [0.5, 0.6) is 5.75 Å². The van der Waals surface area contributed by atoms with E-state index in [1.807, 2.05) is 0 Å². The maximum atomic E-state index is 5.85. The highest BCUT2D eigenvalue weighted by Gasteiger charge is 2.16. The van der Waals surface area contributed by atoms with Crippen molar-refractivity contribution in [2.24, 2.45) is 5.92 Å². The van der Waals surface area contributed by atoms with Crippen LogP contribution in [0.4, 0.5) is 0 Å². The zero-order valence-electron chi connectivity index (χ0n) is 10.1. The standard InChI is InChI=1S/C14H19NO2/c1-2-14(17-10-11-4-6-16-9-11)7-13-8-15-5-3-12(1)13/h1-2,7,11,15H,3-6,8-10H2. The summed E-state index contributed by atoms with van der Waals surface area (Å²) in [6.45, 7) is 4.59. The Hall–Kier alpha value is -1.06. The summed E-state index contributed by atoms with van der Waals surface area (Å²) < 4.78 is 11.2. The maximum Gasteiger partial charge on any atom is 0.119 e. The Bertz CT molecular complexity index is 386. The molecule has 3 rings (SSSR count). The quantitative estimate of drug-likeness (QED) is 0.862. The molecule has 1 saturated heterocycles. The molecule has 92 valence electrons. The van der Waals surface area contributed by atoms with E-state index in [9.17, 15) is 0 Å². The number of benzene rings is 1. The van der Waals surface area contributed by atoms with Crippen molar-refractivity contribution in [3.05, 3.63) is 29.3 Å². The molecule has 17 heavy (non-hydrogen) atoms. The molecule has 2 aliphatic rings. The molecule has 3 nitrogen and oxygen atoms in total. The van der Waals surface area contributed by atoms with E-state index in [2.05, 4.69) is 23.5 Å². The molecule has 3 heteroatoms. The van der Waals surface area contributed by atoms with Gasteiger partial charge in [-0.25, -0.2) is 0 Å². The predicted octanol–water partition coefficient (Wildman–Crippen LogP) is 1.75. The topological polar surface area (TPSA) is 30.5 Å². The summed E-state index contributed by atoms with van der Waals surface area (Å²) in [4.78, 5) is 0. The molecule has 0 bridgehead atoms. The Balaban J connectivity index is 1.62. The molecule has 2 aliphatic heterocycles. The summed E-state index contributed by atoms with van der Waals surface area (Å²) in [5.74, 6) is 1.57. The Kier molecular flexibility index (Phi) is 3.29. The average molecular weight is 233 g/mol. The van der Waals surface area contributed by atoms with E-state index in [0.717, 1.165) is 51.5 Å². The third-order valence-corrected chi connectivity index (χ3v) is 3.57. The fraction of sp³-hybridized carbons (Fsp3) is 0.571. The highest BCUT2D eigenvalue weighted by Crippen LogP contribution is 2.22. The van der Waals surface area contributed by atoms with Crippen LogP contribution in [-0.4, -0.2) is 26.4 Å². The second-order valence-electron chi connectivity index (χ2n) is 4.90. The van der Waals surface area contributed by atoms with E-state index >= 15 is 0 Å². The molecule has 1 fully saturated rings. The summed E-state index contributed by atoms with van der Waals surface area (Å²) >= 11 is 0.